The van der Waals surface area contributed by atoms with E-state index in [0.29, 0.717) is 0 Å². The molecule has 52 heavy (non-hydrogen) atoms. The number of hydrogen-bond acceptors (Lipinski definition) is 1. The zero-order chi connectivity index (χ0) is 36.0. The Morgan fingerprint density at radius 2 is 0.577 bits per heavy atom. The van der Waals surface area contributed by atoms with E-state index in [4.69, 9.17) is 0 Å². The molecular formula is C51H45N. The molecule has 0 N–H and O–H groups in total. The van der Waals surface area contributed by atoms with Crippen LogP contribution in [0.25, 0.3) is 36.5 Å². The van der Waals surface area contributed by atoms with Gasteiger partial charge in [0.2, 0.25) is 0 Å². The molecule has 0 spiro atoms. The first-order valence-electron chi connectivity index (χ1n) is 17.8. The van der Waals surface area contributed by atoms with Crippen LogP contribution in [-0.2, 0) is 0 Å². The molecule has 0 saturated heterocycles. The van der Waals surface area contributed by atoms with Gasteiger partial charge in [0.25, 0.3) is 0 Å². The van der Waals surface area contributed by atoms with Crippen LogP contribution in [0.1, 0.15) is 50.1 Å². The van der Waals surface area contributed by atoms with Gasteiger partial charge in [-0.2, -0.15) is 0 Å². The van der Waals surface area contributed by atoms with Gasteiger partial charge < -0.3 is 4.90 Å². The zero-order valence-corrected chi connectivity index (χ0v) is 30.2. The minimum Gasteiger partial charge on any atom is -0.310 e. The second-order valence-corrected chi connectivity index (χ2v) is 12.8. The summed E-state index contributed by atoms with van der Waals surface area (Å²) in [7, 11) is 0. The highest BCUT2D eigenvalue weighted by Crippen LogP contribution is 2.37. The summed E-state index contributed by atoms with van der Waals surface area (Å²) in [5.74, 6) is 0. The molecule has 0 aliphatic rings. The van der Waals surface area contributed by atoms with Gasteiger partial charge in [-0.25, -0.2) is 0 Å². The Hall–Kier alpha value is -6.44. The summed E-state index contributed by atoms with van der Waals surface area (Å²) >= 11 is 0. The molecule has 0 fully saturated rings. The summed E-state index contributed by atoms with van der Waals surface area (Å²) in [6, 6.07) is 51.3. The highest BCUT2D eigenvalue weighted by atomic mass is 15.1. The van der Waals surface area contributed by atoms with E-state index in [9.17, 15) is 0 Å². The number of hydrogen-bond donors (Lipinski definition) is 0. The molecule has 0 unspecified atom stereocenters. The van der Waals surface area contributed by atoms with Crippen LogP contribution in [0.5, 0.6) is 0 Å². The van der Waals surface area contributed by atoms with Crippen molar-refractivity contribution in [1.29, 1.82) is 0 Å². The standard InChI is InChI=1S/C51H45N/c1-40-37-49(34-31-46(40)28-16-13-25-43-19-7-4-8-20-43)52(50-35-32-47(41(2)38-50)29-17-14-26-44-21-9-5-10-22-44)51-36-33-48(42(3)39-51)30-18-15-27-45-23-11-6-12-24-45/h4-39H,1-3H3/b25-13+,26-14+,27-15+,28-16+,29-17+,30-18+. The van der Waals surface area contributed by atoms with Gasteiger partial charge in [0, 0.05) is 17.1 Å². The minimum atomic E-state index is 1.12. The van der Waals surface area contributed by atoms with Crippen molar-refractivity contribution in [1.82, 2.24) is 0 Å². The fourth-order valence-corrected chi connectivity index (χ4v) is 6.08. The molecule has 6 rings (SSSR count). The van der Waals surface area contributed by atoms with Crippen LogP contribution < -0.4 is 4.90 Å². The highest BCUT2D eigenvalue weighted by molar-refractivity contribution is 5.80. The molecular weight excluding hydrogens is 627 g/mol. The molecule has 0 amide bonds. The molecule has 6 aromatic rings. The van der Waals surface area contributed by atoms with Gasteiger partial charge in [-0.15, -0.1) is 0 Å². The third kappa shape index (κ3) is 9.84. The Bertz CT molecular complexity index is 1990. The highest BCUT2D eigenvalue weighted by Gasteiger charge is 2.15. The average molecular weight is 672 g/mol. The quantitative estimate of drug-likeness (QED) is 0.117. The molecule has 0 radical (unpaired) electrons. The van der Waals surface area contributed by atoms with Crippen molar-refractivity contribution < 1.29 is 0 Å². The Labute approximate surface area is 310 Å². The number of anilines is 3. The first-order chi connectivity index (χ1) is 25.5. The average Bonchev–Trinajstić information content (AvgIpc) is 3.17. The number of aryl methyl sites for hydroxylation is 3. The third-order valence-electron chi connectivity index (χ3n) is 8.96. The van der Waals surface area contributed by atoms with E-state index in [-0.39, 0.29) is 0 Å². The van der Waals surface area contributed by atoms with Gasteiger partial charge in [0.05, 0.1) is 0 Å². The topological polar surface area (TPSA) is 3.24 Å². The van der Waals surface area contributed by atoms with Crippen LogP contribution in [0.15, 0.2) is 182 Å². The minimum absolute atomic E-state index is 1.12. The largest absolute Gasteiger partial charge is 0.310 e. The predicted molar refractivity (Wildman–Crippen MR) is 229 cm³/mol. The fourth-order valence-electron chi connectivity index (χ4n) is 6.08. The number of allylic oxidation sites excluding steroid dienone is 6. The summed E-state index contributed by atoms with van der Waals surface area (Å²) in [6.07, 6.45) is 25.6. The van der Waals surface area contributed by atoms with Gasteiger partial charge >= 0.3 is 0 Å². The van der Waals surface area contributed by atoms with E-state index in [1.807, 2.05) is 18.2 Å². The van der Waals surface area contributed by atoms with Crippen molar-refractivity contribution in [3.63, 3.8) is 0 Å². The van der Waals surface area contributed by atoms with Crippen LogP contribution in [0.4, 0.5) is 17.1 Å². The summed E-state index contributed by atoms with van der Waals surface area (Å²) in [6.45, 7) is 6.56. The van der Waals surface area contributed by atoms with E-state index in [0.717, 1.165) is 17.1 Å². The van der Waals surface area contributed by atoms with E-state index < -0.39 is 0 Å². The molecule has 0 atom stereocenters. The van der Waals surface area contributed by atoms with Crippen LogP contribution >= 0.6 is 0 Å². The van der Waals surface area contributed by atoms with Crippen molar-refractivity contribution >= 4 is 53.5 Å². The summed E-state index contributed by atoms with van der Waals surface area (Å²) in [5, 5.41) is 0. The van der Waals surface area contributed by atoms with Crippen LogP contribution in [0, 0.1) is 20.8 Å². The van der Waals surface area contributed by atoms with Crippen molar-refractivity contribution in [3.05, 3.63) is 232 Å². The second kappa shape index (κ2) is 18.0. The smallest absolute Gasteiger partial charge is 0.0464 e. The van der Waals surface area contributed by atoms with Crippen molar-refractivity contribution in [2.45, 2.75) is 20.8 Å². The van der Waals surface area contributed by atoms with E-state index in [1.54, 1.807) is 0 Å². The first kappa shape index (κ1) is 35.4. The Kier molecular flexibility index (Phi) is 12.2. The first-order valence-corrected chi connectivity index (χ1v) is 17.8. The molecule has 0 aliphatic heterocycles. The van der Waals surface area contributed by atoms with Gasteiger partial charge in [-0.3, -0.25) is 0 Å². The van der Waals surface area contributed by atoms with Gasteiger partial charge in [-0.1, -0.05) is 182 Å². The lowest BCUT2D eigenvalue weighted by Crippen LogP contribution is -2.11. The molecule has 0 aliphatic carbocycles. The summed E-state index contributed by atoms with van der Waals surface area (Å²) in [5.41, 5.74) is 14.2. The summed E-state index contributed by atoms with van der Waals surface area (Å²) in [4.78, 5) is 2.36. The Morgan fingerprint density at radius 1 is 0.308 bits per heavy atom. The lowest BCUT2D eigenvalue weighted by atomic mass is 10.0. The Morgan fingerprint density at radius 3 is 0.846 bits per heavy atom. The van der Waals surface area contributed by atoms with E-state index in [2.05, 4.69) is 226 Å². The second-order valence-electron chi connectivity index (χ2n) is 12.8. The lowest BCUT2D eigenvalue weighted by molar-refractivity contribution is 1.24. The maximum Gasteiger partial charge on any atom is 0.0464 e. The number of benzene rings is 6. The van der Waals surface area contributed by atoms with Gasteiger partial charge in [0.15, 0.2) is 0 Å². The molecule has 1 heteroatoms. The summed E-state index contributed by atoms with van der Waals surface area (Å²) < 4.78 is 0. The maximum atomic E-state index is 2.36. The predicted octanol–water partition coefficient (Wildman–Crippen LogP) is 14.3. The van der Waals surface area contributed by atoms with E-state index >= 15 is 0 Å². The molecule has 0 heterocycles. The van der Waals surface area contributed by atoms with Crippen LogP contribution in [0.2, 0.25) is 0 Å². The number of nitrogens with zero attached hydrogens (tertiary/aromatic N) is 1. The van der Waals surface area contributed by atoms with E-state index in [1.165, 1.54) is 50.1 Å². The van der Waals surface area contributed by atoms with Crippen molar-refractivity contribution in [2.75, 3.05) is 4.90 Å². The zero-order valence-electron chi connectivity index (χ0n) is 30.2. The molecule has 0 saturated carbocycles. The van der Waals surface area contributed by atoms with Crippen LogP contribution in [-0.4, -0.2) is 0 Å². The lowest BCUT2D eigenvalue weighted by Gasteiger charge is -2.27. The molecule has 6 aromatic carbocycles. The van der Waals surface area contributed by atoms with Gasteiger partial charge in [-0.05, 0) is 107 Å². The molecule has 254 valence electrons. The fraction of sp³-hybridized carbons (Fsp3) is 0.0588. The van der Waals surface area contributed by atoms with Crippen LogP contribution in [0.3, 0.4) is 0 Å². The third-order valence-corrected chi connectivity index (χ3v) is 8.96. The van der Waals surface area contributed by atoms with Crippen molar-refractivity contribution in [2.24, 2.45) is 0 Å². The maximum absolute atomic E-state index is 2.36. The molecule has 0 bridgehead atoms. The van der Waals surface area contributed by atoms with Crippen molar-refractivity contribution in [3.8, 4) is 0 Å². The number of rotatable bonds is 12. The molecule has 0 aromatic heterocycles. The molecule has 1 nitrogen and oxygen atoms in total. The Balaban J connectivity index is 1.28. The normalized spacial score (nSPS) is 12.1. The monoisotopic (exact) mass is 671 g/mol. The SMILES string of the molecule is Cc1cc(N(c2ccc(/C=C/C=C/c3ccccc3)c(C)c2)c2ccc(/C=C/C=C/c3ccccc3)c(C)c2)ccc1/C=C/C=C/c1ccccc1. The van der Waals surface area contributed by atoms with Gasteiger partial charge in [0.1, 0.15) is 0 Å².